The van der Waals surface area contributed by atoms with Crippen molar-refractivity contribution in [2.75, 3.05) is 9.80 Å². The molecular weight excluding hydrogens is 965 g/mol. The fourth-order valence-electron chi connectivity index (χ4n) is 10.6. The lowest BCUT2D eigenvalue weighted by atomic mass is 9.95. The molecule has 0 amide bonds. The Balaban J connectivity index is 0.785. The Labute approximate surface area is 473 Å². The van der Waals surface area contributed by atoms with Crippen molar-refractivity contribution >= 4 is 81.7 Å². The van der Waals surface area contributed by atoms with Crippen molar-refractivity contribution in [3.63, 3.8) is 0 Å². The summed E-state index contributed by atoms with van der Waals surface area (Å²) < 4.78 is 0. The minimum absolute atomic E-state index is 1.11. The Morgan fingerprint density at radius 1 is 0.225 bits per heavy atom. The quantitative estimate of drug-likeness (QED) is 0.0890. The second-order valence-electron chi connectivity index (χ2n) is 20.4. The Morgan fingerprint density at radius 3 is 0.675 bits per heavy atom. The summed E-state index contributed by atoms with van der Waals surface area (Å²) in [4.78, 5) is 4.77. The number of nitrogens with zero attached hydrogens (tertiary/aromatic N) is 2. The summed E-state index contributed by atoms with van der Waals surface area (Å²) in [6.45, 7) is 8.79. The van der Waals surface area contributed by atoms with Gasteiger partial charge in [-0.1, -0.05) is 255 Å². The van der Waals surface area contributed by atoms with E-state index < -0.39 is 0 Å². The molecule has 0 fully saturated rings. The van der Waals surface area contributed by atoms with E-state index in [1.54, 1.807) is 0 Å². The van der Waals surface area contributed by atoms with Crippen molar-refractivity contribution in [3.8, 4) is 0 Å². The van der Waals surface area contributed by atoms with Crippen molar-refractivity contribution in [3.05, 3.63) is 357 Å². The van der Waals surface area contributed by atoms with Crippen molar-refractivity contribution in [1.82, 2.24) is 0 Å². The van der Waals surface area contributed by atoms with Crippen LogP contribution >= 0.6 is 0 Å². The molecule has 0 spiro atoms. The van der Waals surface area contributed by atoms with E-state index in [9.17, 15) is 0 Å². The van der Waals surface area contributed by atoms with Crippen LogP contribution in [0.15, 0.2) is 279 Å². The molecule has 0 radical (unpaired) electrons. The van der Waals surface area contributed by atoms with Crippen LogP contribution in [-0.2, 0) is 0 Å². The lowest BCUT2D eigenvalue weighted by molar-refractivity contribution is 1.22. The fourth-order valence-corrected chi connectivity index (χ4v) is 10.6. The number of benzene rings is 11. The first-order valence-corrected chi connectivity index (χ1v) is 27.6. The maximum Gasteiger partial charge on any atom is 0.0519 e. The molecule has 0 unspecified atom stereocenters. The highest BCUT2D eigenvalue weighted by Gasteiger charge is 2.19. The molecule has 0 aliphatic carbocycles. The van der Waals surface area contributed by atoms with Crippen LogP contribution < -0.4 is 9.80 Å². The summed E-state index contributed by atoms with van der Waals surface area (Å²) >= 11 is 0. The molecule has 2 heteroatoms. The van der Waals surface area contributed by atoms with Crippen molar-refractivity contribution in [2.45, 2.75) is 27.7 Å². The fraction of sp³-hybridized carbons (Fsp3) is 0.0513. The molecule has 386 valence electrons. The van der Waals surface area contributed by atoms with Gasteiger partial charge in [-0.25, -0.2) is 0 Å². The van der Waals surface area contributed by atoms with Gasteiger partial charge in [0.15, 0.2) is 0 Å². The average Bonchev–Trinajstić information content (AvgIpc) is 3.56. The van der Waals surface area contributed by atoms with Crippen LogP contribution in [0.4, 0.5) is 34.1 Å². The standard InChI is InChI=1S/C78H64N2/c1-57-19-17-20-58(2)77(57)79(73-51-43-65(44-52-73)55-75(67-23-9-5-10-24-67)68-25-11-6-12-26-68)71-47-39-63(40-48-71)37-35-61-31-33-62(34-32-61)36-38-64-41-49-72(50-42-64)80(78-59(3)21-18-22-60(78)4)74-53-45-66(46-54-74)56-76(69-27-13-7-14-28-69)70-29-15-8-16-30-70/h5-56H,1-4H3/b37-35-,38-36-. The van der Waals surface area contributed by atoms with Gasteiger partial charge < -0.3 is 9.80 Å². The van der Waals surface area contributed by atoms with Gasteiger partial charge in [-0.2, -0.15) is 0 Å². The third-order valence-corrected chi connectivity index (χ3v) is 14.8. The first kappa shape index (κ1) is 52.1. The first-order valence-electron chi connectivity index (χ1n) is 27.6. The summed E-state index contributed by atoms with van der Waals surface area (Å²) in [6.07, 6.45) is 13.3. The molecule has 0 aromatic heterocycles. The number of para-hydroxylation sites is 2. The molecule has 0 heterocycles. The highest BCUT2D eigenvalue weighted by atomic mass is 15.2. The third kappa shape index (κ3) is 12.2. The van der Waals surface area contributed by atoms with Crippen LogP contribution in [-0.4, -0.2) is 0 Å². The molecule has 0 aliphatic heterocycles. The highest BCUT2D eigenvalue weighted by Crippen LogP contribution is 2.41. The van der Waals surface area contributed by atoms with E-state index in [2.05, 4.69) is 353 Å². The zero-order valence-electron chi connectivity index (χ0n) is 45.9. The topological polar surface area (TPSA) is 6.48 Å². The Morgan fingerprint density at radius 2 is 0.438 bits per heavy atom. The maximum absolute atomic E-state index is 2.38. The van der Waals surface area contributed by atoms with Crippen molar-refractivity contribution in [1.29, 1.82) is 0 Å². The second-order valence-corrected chi connectivity index (χ2v) is 20.4. The molecule has 2 nitrogen and oxygen atoms in total. The summed E-state index contributed by atoms with van der Waals surface area (Å²) in [6, 6.07) is 100.0. The van der Waals surface area contributed by atoms with Crippen LogP contribution in [0, 0.1) is 27.7 Å². The Bertz CT molecular complexity index is 3560. The molecule has 11 rings (SSSR count). The lowest BCUT2D eigenvalue weighted by Crippen LogP contribution is -2.12. The van der Waals surface area contributed by atoms with E-state index >= 15 is 0 Å². The SMILES string of the molecule is Cc1cccc(C)c1N(c1ccc(C=C(c2ccccc2)c2ccccc2)cc1)c1ccc(/C=C\c2ccc(/C=C\c3ccc(N(c4ccc(C=C(c5ccccc5)c5ccccc5)cc4)c4c(C)cccc4C)cc3)cc2)cc1. The zero-order chi connectivity index (χ0) is 54.6. The molecule has 80 heavy (non-hydrogen) atoms. The number of rotatable bonds is 16. The zero-order valence-corrected chi connectivity index (χ0v) is 45.9. The molecule has 0 saturated heterocycles. The summed E-state index contributed by atoms with van der Waals surface area (Å²) in [5.74, 6) is 0. The Kier molecular flexibility index (Phi) is 16.0. The van der Waals surface area contributed by atoms with E-state index in [1.807, 2.05) is 0 Å². The van der Waals surface area contributed by atoms with E-state index in [1.165, 1.54) is 67.0 Å². The predicted octanol–water partition coefficient (Wildman–Crippen LogP) is 21.4. The van der Waals surface area contributed by atoms with E-state index in [4.69, 9.17) is 0 Å². The van der Waals surface area contributed by atoms with Gasteiger partial charge in [-0.3, -0.25) is 0 Å². The Hall–Kier alpha value is -10.0. The summed E-state index contributed by atoms with van der Waals surface area (Å²) in [7, 11) is 0. The van der Waals surface area contributed by atoms with Gasteiger partial charge in [0.2, 0.25) is 0 Å². The number of hydrogen-bond acceptors (Lipinski definition) is 2. The van der Waals surface area contributed by atoms with Gasteiger partial charge in [0.1, 0.15) is 0 Å². The van der Waals surface area contributed by atoms with Gasteiger partial charge in [0, 0.05) is 22.7 Å². The van der Waals surface area contributed by atoms with Crippen LogP contribution in [0.5, 0.6) is 0 Å². The van der Waals surface area contributed by atoms with E-state index in [-0.39, 0.29) is 0 Å². The van der Waals surface area contributed by atoms with Gasteiger partial charge in [-0.15, -0.1) is 0 Å². The molecule has 11 aromatic rings. The van der Waals surface area contributed by atoms with E-state index in [0.29, 0.717) is 0 Å². The van der Waals surface area contributed by atoms with Crippen molar-refractivity contribution < 1.29 is 0 Å². The molecular formula is C78H64N2. The molecule has 0 N–H and O–H groups in total. The number of aryl methyl sites for hydroxylation is 4. The second kappa shape index (κ2) is 24.5. The summed E-state index contributed by atoms with van der Waals surface area (Å²) in [5.41, 5.74) is 25.8. The van der Waals surface area contributed by atoms with E-state index in [0.717, 1.165) is 56.1 Å². The van der Waals surface area contributed by atoms with Crippen LogP contribution in [0.3, 0.4) is 0 Å². The average molecular weight is 1030 g/mol. The molecule has 0 saturated carbocycles. The monoisotopic (exact) mass is 1030 g/mol. The largest absolute Gasteiger partial charge is 0.310 e. The minimum atomic E-state index is 1.11. The van der Waals surface area contributed by atoms with Gasteiger partial charge in [0.25, 0.3) is 0 Å². The first-order chi connectivity index (χ1) is 39.3. The number of hydrogen-bond donors (Lipinski definition) is 0. The van der Waals surface area contributed by atoms with Gasteiger partial charge in [0.05, 0.1) is 11.4 Å². The van der Waals surface area contributed by atoms with Crippen LogP contribution in [0.2, 0.25) is 0 Å². The van der Waals surface area contributed by atoms with Crippen LogP contribution in [0.1, 0.15) is 77.9 Å². The van der Waals surface area contributed by atoms with Gasteiger partial charge in [-0.05, 0) is 177 Å². The third-order valence-electron chi connectivity index (χ3n) is 14.8. The van der Waals surface area contributed by atoms with Gasteiger partial charge >= 0.3 is 0 Å². The van der Waals surface area contributed by atoms with Crippen LogP contribution in [0.25, 0.3) is 47.6 Å². The molecule has 11 aromatic carbocycles. The maximum atomic E-state index is 2.38. The van der Waals surface area contributed by atoms with Crippen molar-refractivity contribution in [2.24, 2.45) is 0 Å². The highest BCUT2D eigenvalue weighted by molar-refractivity contribution is 5.93. The molecule has 0 bridgehead atoms. The minimum Gasteiger partial charge on any atom is -0.310 e. The molecule has 0 aliphatic rings. The number of anilines is 6. The molecule has 0 atom stereocenters. The predicted molar refractivity (Wildman–Crippen MR) is 345 cm³/mol. The normalized spacial score (nSPS) is 11.2. The summed E-state index contributed by atoms with van der Waals surface area (Å²) in [5, 5.41) is 0. The lowest BCUT2D eigenvalue weighted by Gasteiger charge is -2.29. The smallest absolute Gasteiger partial charge is 0.0519 e.